The zero-order chi connectivity index (χ0) is 27.4. The van der Waals surface area contributed by atoms with E-state index in [1.54, 1.807) is 0 Å². The number of aromatic nitrogens is 2. The fraction of sp³-hybridized carbons (Fsp3) is 0.200. The summed E-state index contributed by atoms with van der Waals surface area (Å²) >= 11 is 14.5. The second-order valence-corrected chi connectivity index (χ2v) is 10.6. The fourth-order valence-corrected chi connectivity index (χ4v) is 5.10. The molecule has 0 radical (unpaired) electrons. The van der Waals surface area contributed by atoms with E-state index in [0.29, 0.717) is 4.34 Å². The minimum atomic E-state index is -4.60. The van der Waals surface area contributed by atoms with Crippen LogP contribution in [-0.4, -0.2) is 32.7 Å². The van der Waals surface area contributed by atoms with Gasteiger partial charge in [-0.2, -0.15) is 30.7 Å². The van der Waals surface area contributed by atoms with Crippen molar-refractivity contribution in [2.45, 2.75) is 21.8 Å². The maximum Gasteiger partial charge on any atom is 0.416 e. The van der Waals surface area contributed by atoms with Gasteiger partial charge in [0.25, 0.3) is 0 Å². The topological polar surface area (TPSA) is 84.0 Å². The highest BCUT2D eigenvalue weighted by atomic mass is 35.5. The van der Waals surface area contributed by atoms with Gasteiger partial charge >= 0.3 is 12.4 Å². The van der Waals surface area contributed by atoms with Gasteiger partial charge in [-0.05, 0) is 47.9 Å². The molecular weight excluding hydrogens is 609 g/mol. The molecule has 0 saturated carbocycles. The van der Waals surface area contributed by atoms with Crippen LogP contribution >= 0.6 is 58.3 Å². The molecule has 3 aromatic rings. The van der Waals surface area contributed by atoms with Crippen molar-refractivity contribution in [3.63, 3.8) is 0 Å². The molecule has 0 saturated heterocycles. The van der Waals surface area contributed by atoms with Gasteiger partial charge in [0.15, 0.2) is 4.34 Å². The Morgan fingerprint density at radius 1 is 0.811 bits per heavy atom. The van der Waals surface area contributed by atoms with Crippen LogP contribution in [0.2, 0.25) is 10.0 Å². The number of nitrogens with one attached hydrogen (secondary N) is 2. The SMILES string of the molecule is O=C(CSc1nsc(SCC(=O)Nc2cc(C(F)(F)F)ccc2Cl)n1)Nc1cc(C(F)(F)F)ccc1Cl. The van der Waals surface area contributed by atoms with Crippen LogP contribution < -0.4 is 10.6 Å². The molecule has 1 aromatic heterocycles. The van der Waals surface area contributed by atoms with Gasteiger partial charge in [-0.1, -0.05) is 46.7 Å². The zero-order valence-corrected chi connectivity index (χ0v) is 21.8. The lowest BCUT2D eigenvalue weighted by atomic mass is 10.2. The maximum atomic E-state index is 12.9. The number of benzene rings is 2. The highest BCUT2D eigenvalue weighted by Gasteiger charge is 2.32. The number of amides is 2. The first-order valence-corrected chi connectivity index (χ1v) is 13.1. The van der Waals surface area contributed by atoms with Crippen molar-refractivity contribution < 1.29 is 35.9 Å². The van der Waals surface area contributed by atoms with E-state index < -0.39 is 35.3 Å². The van der Waals surface area contributed by atoms with Crippen LogP contribution in [0.3, 0.4) is 0 Å². The number of thioether (sulfide) groups is 2. The van der Waals surface area contributed by atoms with Crippen LogP contribution in [-0.2, 0) is 21.9 Å². The van der Waals surface area contributed by atoms with E-state index in [1.165, 1.54) is 0 Å². The van der Waals surface area contributed by atoms with Crippen molar-refractivity contribution in [1.82, 2.24) is 9.36 Å². The maximum absolute atomic E-state index is 12.9. The summed E-state index contributed by atoms with van der Waals surface area (Å²) in [7, 11) is 0. The average Bonchev–Trinajstić information content (AvgIpc) is 3.26. The molecule has 0 aliphatic heterocycles. The van der Waals surface area contributed by atoms with E-state index in [1.807, 2.05) is 0 Å². The van der Waals surface area contributed by atoms with Crippen molar-refractivity contribution in [3.8, 4) is 0 Å². The Morgan fingerprint density at radius 2 is 1.27 bits per heavy atom. The summed E-state index contributed by atoms with van der Waals surface area (Å²) in [5.41, 5.74) is -2.33. The molecule has 0 bridgehead atoms. The predicted octanol–water partition coefficient (Wildman–Crippen LogP) is 7.34. The van der Waals surface area contributed by atoms with Crippen LogP contribution in [0.5, 0.6) is 0 Å². The molecule has 0 spiro atoms. The van der Waals surface area contributed by atoms with E-state index in [4.69, 9.17) is 23.2 Å². The number of hydrogen-bond acceptors (Lipinski definition) is 7. The molecular formula is C20H12Cl2F6N4O2S3. The highest BCUT2D eigenvalue weighted by Crippen LogP contribution is 2.35. The quantitative estimate of drug-likeness (QED) is 0.202. The third-order valence-electron chi connectivity index (χ3n) is 4.18. The van der Waals surface area contributed by atoms with Crippen molar-refractivity contribution in [2.75, 3.05) is 22.1 Å². The summed E-state index contributed by atoms with van der Waals surface area (Å²) in [6, 6.07) is 5.08. The largest absolute Gasteiger partial charge is 0.416 e. The van der Waals surface area contributed by atoms with Gasteiger partial charge in [0.05, 0.1) is 44.1 Å². The number of carbonyl (C=O) groups is 2. The molecule has 17 heteroatoms. The molecule has 0 aliphatic carbocycles. The number of alkyl halides is 6. The normalized spacial score (nSPS) is 11.9. The van der Waals surface area contributed by atoms with Gasteiger partial charge in [-0.3, -0.25) is 9.59 Å². The number of rotatable bonds is 8. The summed E-state index contributed by atoms with van der Waals surface area (Å²) in [5.74, 6) is -1.72. The monoisotopic (exact) mass is 620 g/mol. The number of halogens is 8. The first-order chi connectivity index (χ1) is 17.2. The number of nitrogens with zero attached hydrogens (tertiary/aromatic N) is 2. The van der Waals surface area contributed by atoms with Crippen LogP contribution in [0.1, 0.15) is 11.1 Å². The molecule has 3 rings (SSSR count). The van der Waals surface area contributed by atoms with Crippen LogP contribution in [0.25, 0.3) is 0 Å². The van der Waals surface area contributed by atoms with Crippen molar-refractivity contribution in [1.29, 1.82) is 0 Å². The summed E-state index contributed by atoms with van der Waals surface area (Å²) in [6.07, 6.45) is -9.20. The number of anilines is 2. The van der Waals surface area contributed by atoms with Gasteiger partial charge in [-0.25, -0.2) is 4.98 Å². The Morgan fingerprint density at radius 3 is 1.73 bits per heavy atom. The Kier molecular flexibility index (Phi) is 9.61. The van der Waals surface area contributed by atoms with Crippen molar-refractivity contribution >= 4 is 81.4 Å². The lowest BCUT2D eigenvalue weighted by molar-refractivity contribution is -0.138. The van der Waals surface area contributed by atoms with Crippen LogP contribution in [0.4, 0.5) is 37.7 Å². The fourth-order valence-electron chi connectivity index (χ4n) is 2.54. The molecule has 1 heterocycles. The van der Waals surface area contributed by atoms with E-state index in [2.05, 4.69) is 20.0 Å². The van der Waals surface area contributed by atoms with Gasteiger partial charge in [0, 0.05) is 0 Å². The first-order valence-electron chi connectivity index (χ1n) is 9.65. The summed E-state index contributed by atoms with van der Waals surface area (Å²) in [4.78, 5) is 28.4. The van der Waals surface area contributed by atoms with Crippen molar-refractivity contribution in [2.24, 2.45) is 0 Å². The molecule has 198 valence electrons. The third-order valence-corrected chi connectivity index (χ3v) is 7.64. The van der Waals surface area contributed by atoms with Crippen molar-refractivity contribution in [3.05, 3.63) is 57.6 Å². The predicted molar refractivity (Wildman–Crippen MR) is 132 cm³/mol. The van der Waals surface area contributed by atoms with E-state index in [-0.39, 0.29) is 38.1 Å². The Hall–Kier alpha value is -2.20. The van der Waals surface area contributed by atoms with E-state index in [0.717, 1.165) is 71.5 Å². The minimum Gasteiger partial charge on any atom is -0.324 e. The van der Waals surface area contributed by atoms with Gasteiger partial charge in [0.2, 0.25) is 17.0 Å². The van der Waals surface area contributed by atoms with Crippen LogP contribution in [0, 0.1) is 0 Å². The lowest BCUT2D eigenvalue weighted by Crippen LogP contribution is -2.15. The highest BCUT2D eigenvalue weighted by molar-refractivity contribution is 8.02. The summed E-state index contributed by atoms with van der Waals surface area (Å²) in [5, 5.41) is 4.65. The second-order valence-electron chi connectivity index (χ2n) is 6.90. The molecule has 0 aliphatic rings. The van der Waals surface area contributed by atoms with E-state index >= 15 is 0 Å². The van der Waals surface area contributed by atoms with Gasteiger partial charge in [0.1, 0.15) is 0 Å². The molecule has 2 aromatic carbocycles. The Bertz CT molecular complexity index is 1210. The Labute approximate surface area is 227 Å². The Balaban J connectivity index is 1.50. The molecule has 0 fully saturated rings. The standard InChI is InChI=1S/C20H12Cl2F6N4O2S3/c21-11-3-1-9(19(23,24)25)5-13(11)29-15(33)7-35-17-31-18(37-32-17)36-8-16(34)30-14-6-10(20(26,27)28)2-4-12(14)22/h1-6H,7-8H2,(H,29,33)(H,30,34). The third kappa shape index (κ3) is 8.67. The van der Waals surface area contributed by atoms with Gasteiger partial charge < -0.3 is 10.6 Å². The number of hydrogen-bond donors (Lipinski definition) is 2. The van der Waals surface area contributed by atoms with Crippen LogP contribution in [0.15, 0.2) is 45.9 Å². The summed E-state index contributed by atoms with van der Waals surface area (Å²) < 4.78 is 81.5. The lowest BCUT2D eigenvalue weighted by Gasteiger charge is -2.11. The second kappa shape index (κ2) is 12.1. The minimum absolute atomic E-state index is 0.0642. The average molecular weight is 621 g/mol. The molecule has 6 nitrogen and oxygen atoms in total. The first kappa shape index (κ1) is 29.4. The molecule has 0 unspecified atom stereocenters. The summed E-state index contributed by atoms with van der Waals surface area (Å²) in [6.45, 7) is 0. The number of carbonyl (C=O) groups excluding carboxylic acids is 2. The zero-order valence-electron chi connectivity index (χ0n) is 17.8. The molecule has 0 atom stereocenters. The molecule has 2 N–H and O–H groups in total. The smallest absolute Gasteiger partial charge is 0.324 e. The molecule has 2 amide bonds. The molecule has 37 heavy (non-hydrogen) atoms. The van der Waals surface area contributed by atoms with Gasteiger partial charge in [-0.15, -0.1) is 0 Å². The van der Waals surface area contributed by atoms with E-state index in [9.17, 15) is 35.9 Å².